The second kappa shape index (κ2) is 9.13. The van der Waals surface area contributed by atoms with Gasteiger partial charge in [0.15, 0.2) is 6.04 Å². The Balaban J connectivity index is 1.68. The van der Waals surface area contributed by atoms with Crippen molar-refractivity contribution >= 4 is 27.5 Å². The fourth-order valence-electron chi connectivity index (χ4n) is 3.43. The molecule has 1 fully saturated rings. The van der Waals surface area contributed by atoms with Crippen molar-refractivity contribution in [2.75, 3.05) is 13.1 Å². The number of aryl methyl sites for hydroxylation is 1. The predicted molar refractivity (Wildman–Crippen MR) is 109 cm³/mol. The molecule has 2 heterocycles. The first-order chi connectivity index (χ1) is 14.5. The lowest BCUT2D eigenvalue weighted by Crippen LogP contribution is -2.46. The van der Waals surface area contributed by atoms with Crippen molar-refractivity contribution in [2.45, 2.75) is 36.9 Å². The van der Waals surface area contributed by atoms with E-state index < -0.39 is 34.1 Å². The zero-order valence-corrected chi connectivity index (χ0v) is 18.1. The van der Waals surface area contributed by atoms with Crippen LogP contribution in [0, 0.1) is 12.8 Å². The van der Waals surface area contributed by atoms with Crippen LogP contribution in [0.1, 0.15) is 30.0 Å². The highest BCUT2D eigenvalue weighted by Gasteiger charge is 2.43. The molecule has 1 aromatic carbocycles. The molecule has 3 rings (SSSR count). The third kappa shape index (κ3) is 5.36. The largest absolute Gasteiger partial charge is 0.412 e. The van der Waals surface area contributed by atoms with Crippen LogP contribution < -0.4 is 5.32 Å². The number of nitrogens with zero attached hydrogens (tertiary/aromatic N) is 2. The number of pyridine rings is 1. The van der Waals surface area contributed by atoms with Crippen molar-refractivity contribution in [1.82, 2.24) is 14.6 Å². The Morgan fingerprint density at radius 2 is 1.81 bits per heavy atom. The maximum Gasteiger partial charge on any atom is 0.412 e. The van der Waals surface area contributed by atoms with Gasteiger partial charge in [-0.05, 0) is 37.5 Å². The monoisotopic (exact) mass is 475 g/mol. The Bertz CT molecular complexity index is 1040. The third-order valence-electron chi connectivity index (χ3n) is 5.19. The van der Waals surface area contributed by atoms with Crippen LogP contribution in [0.25, 0.3) is 0 Å². The van der Waals surface area contributed by atoms with Gasteiger partial charge in [-0.2, -0.15) is 17.5 Å². The van der Waals surface area contributed by atoms with Gasteiger partial charge in [0.2, 0.25) is 15.9 Å². The van der Waals surface area contributed by atoms with E-state index in [1.807, 2.05) is 0 Å². The summed E-state index contributed by atoms with van der Waals surface area (Å²) >= 11 is 5.89. The quantitative estimate of drug-likeness (QED) is 0.666. The van der Waals surface area contributed by atoms with E-state index in [4.69, 9.17) is 11.6 Å². The fraction of sp³-hybridized carbons (Fsp3) is 0.400. The lowest BCUT2D eigenvalue weighted by Gasteiger charge is -2.32. The molecule has 1 N–H and O–H groups in total. The highest BCUT2D eigenvalue weighted by Crippen LogP contribution is 2.34. The smallest absolute Gasteiger partial charge is 0.341 e. The van der Waals surface area contributed by atoms with Gasteiger partial charge in [-0.3, -0.25) is 4.79 Å². The molecule has 0 saturated carbocycles. The van der Waals surface area contributed by atoms with Crippen molar-refractivity contribution in [1.29, 1.82) is 0 Å². The number of hydrogen-bond donors (Lipinski definition) is 1. The lowest BCUT2D eigenvalue weighted by molar-refractivity contribution is -0.165. The van der Waals surface area contributed by atoms with E-state index in [0.717, 1.165) is 5.56 Å². The minimum atomic E-state index is -4.66. The number of carbonyl (C=O) groups is 1. The first kappa shape index (κ1) is 23.5. The zero-order chi connectivity index (χ0) is 22.8. The first-order valence-corrected chi connectivity index (χ1v) is 11.4. The van der Waals surface area contributed by atoms with Gasteiger partial charge in [0.1, 0.15) is 10.0 Å². The normalized spacial score (nSPS) is 17.3. The molecular weight excluding hydrogens is 455 g/mol. The summed E-state index contributed by atoms with van der Waals surface area (Å²) in [6.45, 7) is 1.74. The molecule has 11 heteroatoms. The number of carbonyl (C=O) groups excluding carboxylic acids is 1. The maximum absolute atomic E-state index is 13.6. The summed E-state index contributed by atoms with van der Waals surface area (Å²) in [6, 6.07) is 6.42. The van der Waals surface area contributed by atoms with Gasteiger partial charge in [0.25, 0.3) is 0 Å². The number of sulfonamides is 1. The van der Waals surface area contributed by atoms with E-state index >= 15 is 0 Å². The van der Waals surface area contributed by atoms with Crippen LogP contribution in [0.15, 0.2) is 47.5 Å². The maximum atomic E-state index is 13.6. The number of hydrogen-bond acceptors (Lipinski definition) is 4. The Hall–Kier alpha value is -2.17. The predicted octanol–water partition coefficient (Wildman–Crippen LogP) is 3.86. The second-order valence-corrected chi connectivity index (χ2v) is 9.63. The number of piperidine rings is 1. The SMILES string of the molecule is Cc1ccc(C(NC(=O)C2CCN(S(=O)(=O)c3cccnc3Cl)CC2)C(F)(F)F)cc1. The molecule has 1 saturated heterocycles. The summed E-state index contributed by atoms with van der Waals surface area (Å²) in [5.74, 6) is -1.48. The fourth-order valence-corrected chi connectivity index (χ4v) is 5.33. The van der Waals surface area contributed by atoms with Crippen molar-refractivity contribution in [3.63, 3.8) is 0 Å². The number of nitrogens with one attached hydrogen (secondary N) is 1. The van der Waals surface area contributed by atoms with E-state index in [1.54, 1.807) is 19.1 Å². The molecule has 0 spiro atoms. The molecule has 0 aliphatic carbocycles. The van der Waals surface area contributed by atoms with Crippen LogP contribution in [0.2, 0.25) is 5.15 Å². The van der Waals surface area contributed by atoms with Crippen LogP contribution >= 0.6 is 11.6 Å². The van der Waals surface area contributed by atoms with Crippen LogP contribution in [0.5, 0.6) is 0 Å². The molecule has 6 nitrogen and oxygen atoms in total. The van der Waals surface area contributed by atoms with Crippen LogP contribution in [-0.4, -0.2) is 42.9 Å². The molecule has 2 aromatic rings. The van der Waals surface area contributed by atoms with E-state index in [1.165, 1.54) is 34.8 Å². The molecule has 1 aliphatic heterocycles. The van der Waals surface area contributed by atoms with Gasteiger partial charge in [-0.15, -0.1) is 0 Å². The topological polar surface area (TPSA) is 79.4 Å². The molecule has 168 valence electrons. The van der Waals surface area contributed by atoms with E-state index in [2.05, 4.69) is 10.3 Å². The van der Waals surface area contributed by atoms with Crippen LogP contribution in [-0.2, 0) is 14.8 Å². The highest BCUT2D eigenvalue weighted by molar-refractivity contribution is 7.89. The molecular formula is C20H21ClF3N3O3S. The zero-order valence-electron chi connectivity index (χ0n) is 16.6. The number of halogens is 4. The standard InChI is InChI=1S/C20H21ClF3N3O3S/c1-13-4-6-14(7-5-13)17(20(22,23)24)26-19(28)15-8-11-27(12-9-15)31(29,30)16-3-2-10-25-18(16)21/h2-7,10,15,17H,8-9,11-12H2,1H3,(H,26,28). The summed E-state index contributed by atoms with van der Waals surface area (Å²) in [4.78, 5) is 16.2. The van der Waals surface area contributed by atoms with Gasteiger partial charge in [-0.25, -0.2) is 13.4 Å². The Labute approximate surface area is 183 Å². The molecule has 1 atom stereocenters. The summed E-state index contributed by atoms with van der Waals surface area (Å²) in [5.41, 5.74) is 0.746. The molecule has 1 amide bonds. The summed E-state index contributed by atoms with van der Waals surface area (Å²) in [5, 5.41) is 1.93. The van der Waals surface area contributed by atoms with Gasteiger partial charge in [-0.1, -0.05) is 41.4 Å². The van der Waals surface area contributed by atoms with Gasteiger partial charge in [0.05, 0.1) is 0 Å². The molecule has 1 aliphatic rings. The average Bonchev–Trinajstić information content (AvgIpc) is 2.72. The number of rotatable bonds is 5. The van der Waals surface area contributed by atoms with E-state index in [0.29, 0.717) is 0 Å². The molecule has 1 aromatic heterocycles. The van der Waals surface area contributed by atoms with Gasteiger partial charge < -0.3 is 5.32 Å². The molecule has 0 bridgehead atoms. The highest BCUT2D eigenvalue weighted by atomic mass is 35.5. The van der Waals surface area contributed by atoms with E-state index in [-0.39, 0.29) is 41.5 Å². The molecule has 31 heavy (non-hydrogen) atoms. The van der Waals surface area contributed by atoms with Gasteiger partial charge >= 0.3 is 6.18 Å². The third-order valence-corrected chi connectivity index (χ3v) is 7.54. The summed E-state index contributed by atoms with van der Waals surface area (Å²) in [6.07, 6.45) is -3.10. The van der Waals surface area contributed by atoms with Crippen molar-refractivity contribution in [3.8, 4) is 0 Å². The Morgan fingerprint density at radius 3 is 2.35 bits per heavy atom. The number of benzene rings is 1. The molecule has 1 unspecified atom stereocenters. The van der Waals surface area contributed by atoms with Crippen LogP contribution in [0.3, 0.4) is 0 Å². The number of aromatic nitrogens is 1. The number of amides is 1. The van der Waals surface area contributed by atoms with Crippen LogP contribution in [0.4, 0.5) is 13.2 Å². The molecule has 0 radical (unpaired) electrons. The van der Waals surface area contributed by atoms with Crippen molar-refractivity contribution in [3.05, 3.63) is 58.9 Å². The first-order valence-electron chi connectivity index (χ1n) is 9.54. The number of alkyl halides is 3. The summed E-state index contributed by atoms with van der Waals surface area (Å²) < 4.78 is 67.4. The van der Waals surface area contributed by atoms with Crippen molar-refractivity contribution in [2.24, 2.45) is 5.92 Å². The Morgan fingerprint density at radius 1 is 1.19 bits per heavy atom. The minimum Gasteiger partial charge on any atom is -0.341 e. The minimum absolute atomic E-state index is 0.00708. The van der Waals surface area contributed by atoms with Crippen molar-refractivity contribution < 1.29 is 26.4 Å². The van der Waals surface area contributed by atoms with E-state index in [9.17, 15) is 26.4 Å². The van der Waals surface area contributed by atoms with Gasteiger partial charge in [0, 0.05) is 25.2 Å². The average molecular weight is 476 g/mol. The Kier molecular flexibility index (Phi) is 6.92. The lowest BCUT2D eigenvalue weighted by atomic mass is 9.96. The summed E-state index contributed by atoms with van der Waals surface area (Å²) in [7, 11) is -3.91. The second-order valence-electron chi connectivity index (χ2n) is 7.36.